The fourth-order valence-electron chi connectivity index (χ4n) is 5.89. The van der Waals surface area contributed by atoms with Crippen LogP contribution in [-0.2, 0) is 0 Å². The number of rotatable bonds is 4. The van der Waals surface area contributed by atoms with Crippen molar-refractivity contribution in [2.45, 2.75) is 12.3 Å². The average Bonchev–Trinajstić information content (AvgIpc) is 3.44. The normalized spacial score (nSPS) is 17.0. The fourth-order valence-corrected chi connectivity index (χ4v) is 5.89. The van der Waals surface area contributed by atoms with Crippen molar-refractivity contribution in [3.63, 3.8) is 0 Å². The van der Waals surface area contributed by atoms with Gasteiger partial charge in [-0.25, -0.2) is 4.99 Å². The molecule has 2 N–H and O–H groups in total. The molecule has 2 atom stereocenters. The van der Waals surface area contributed by atoms with Crippen LogP contribution in [-0.4, -0.2) is 5.84 Å². The molecule has 1 aliphatic heterocycles. The first-order valence-electron chi connectivity index (χ1n) is 14.0. The third kappa shape index (κ3) is 4.26. The molecule has 0 fully saturated rings. The molecule has 4 heteroatoms. The Hall–Kier alpha value is -5.19. The Morgan fingerprint density at radius 2 is 1.29 bits per heavy atom. The number of nitrogens with zero attached hydrogens (tertiary/aromatic N) is 1. The molecule has 1 aliphatic rings. The van der Waals surface area contributed by atoms with Gasteiger partial charge in [-0.05, 0) is 51.2 Å². The van der Waals surface area contributed by atoms with Crippen LogP contribution in [0.1, 0.15) is 29.0 Å². The standard InChI is InChI=1S/C37H27N3O/c1-2-10-26(11-3-1)35-38-36(40-37(39-35)29-22-17-24-9-4-5-12-28(24)23-29)27-20-18-25(19-21-27)30-14-8-16-33-34(30)31-13-6-7-15-32(31)41-33/h1-23,35-36,38H,(H,39,40). The summed E-state index contributed by atoms with van der Waals surface area (Å²) in [5.74, 6) is 0.882. The van der Waals surface area contributed by atoms with Gasteiger partial charge in [-0.3, -0.25) is 5.32 Å². The summed E-state index contributed by atoms with van der Waals surface area (Å²) >= 11 is 0. The van der Waals surface area contributed by atoms with Gasteiger partial charge in [-0.1, -0.05) is 121 Å². The van der Waals surface area contributed by atoms with Crippen molar-refractivity contribution in [1.29, 1.82) is 0 Å². The summed E-state index contributed by atoms with van der Waals surface area (Å²) in [5.41, 5.74) is 7.50. The van der Waals surface area contributed by atoms with Crippen LogP contribution in [0.3, 0.4) is 0 Å². The fraction of sp³-hybridized carbons (Fsp3) is 0.0541. The molecule has 2 unspecified atom stereocenters. The highest BCUT2D eigenvalue weighted by Gasteiger charge is 2.25. The maximum atomic E-state index is 6.13. The number of hydrogen-bond donors (Lipinski definition) is 2. The first-order chi connectivity index (χ1) is 20.3. The molecule has 8 rings (SSSR count). The zero-order valence-corrected chi connectivity index (χ0v) is 22.3. The highest BCUT2D eigenvalue weighted by atomic mass is 16.3. The Labute approximate surface area is 238 Å². The molecule has 6 aromatic carbocycles. The molecule has 7 aromatic rings. The molecule has 196 valence electrons. The van der Waals surface area contributed by atoms with E-state index in [1.54, 1.807) is 0 Å². The Balaban J connectivity index is 1.17. The summed E-state index contributed by atoms with van der Waals surface area (Å²) < 4.78 is 6.13. The number of aliphatic imine (C=N–C) groups is 1. The third-order valence-corrected chi connectivity index (χ3v) is 7.96. The van der Waals surface area contributed by atoms with E-state index in [9.17, 15) is 0 Å². The summed E-state index contributed by atoms with van der Waals surface area (Å²) in [4.78, 5) is 5.11. The van der Waals surface area contributed by atoms with Crippen LogP contribution in [0.4, 0.5) is 0 Å². The molecule has 41 heavy (non-hydrogen) atoms. The lowest BCUT2D eigenvalue weighted by atomic mass is 9.97. The lowest BCUT2D eigenvalue weighted by Crippen LogP contribution is -2.44. The summed E-state index contributed by atoms with van der Waals surface area (Å²) in [7, 11) is 0. The first kappa shape index (κ1) is 23.7. The van der Waals surface area contributed by atoms with Gasteiger partial charge >= 0.3 is 0 Å². The summed E-state index contributed by atoms with van der Waals surface area (Å²) in [6.07, 6.45) is -0.284. The number of fused-ring (bicyclic) bond motifs is 4. The number of benzene rings is 6. The molecule has 0 aliphatic carbocycles. The molecule has 0 spiro atoms. The van der Waals surface area contributed by atoms with Gasteiger partial charge in [0.05, 0.1) is 0 Å². The van der Waals surface area contributed by atoms with Gasteiger partial charge < -0.3 is 9.73 Å². The summed E-state index contributed by atoms with van der Waals surface area (Å²) in [5, 5.41) is 12.1. The van der Waals surface area contributed by atoms with Crippen molar-refractivity contribution in [3.05, 3.63) is 156 Å². The Bertz CT molecular complexity index is 2060. The highest BCUT2D eigenvalue weighted by molar-refractivity contribution is 6.12. The van der Waals surface area contributed by atoms with Gasteiger partial charge in [0, 0.05) is 16.3 Å². The molecule has 0 radical (unpaired) electrons. The van der Waals surface area contributed by atoms with Gasteiger partial charge in [0.25, 0.3) is 0 Å². The number of amidine groups is 1. The van der Waals surface area contributed by atoms with Gasteiger partial charge in [0.1, 0.15) is 29.3 Å². The zero-order valence-electron chi connectivity index (χ0n) is 22.3. The molecule has 4 nitrogen and oxygen atoms in total. The number of hydrogen-bond acceptors (Lipinski definition) is 4. The predicted molar refractivity (Wildman–Crippen MR) is 168 cm³/mol. The number of para-hydroxylation sites is 1. The van der Waals surface area contributed by atoms with Crippen LogP contribution in [0.2, 0.25) is 0 Å². The van der Waals surface area contributed by atoms with E-state index in [1.807, 2.05) is 24.3 Å². The van der Waals surface area contributed by atoms with Gasteiger partial charge in [0.15, 0.2) is 0 Å². The van der Waals surface area contributed by atoms with Crippen LogP contribution in [0.25, 0.3) is 43.8 Å². The smallest absolute Gasteiger partial charge is 0.136 e. The van der Waals surface area contributed by atoms with E-state index in [-0.39, 0.29) is 12.3 Å². The predicted octanol–water partition coefficient (Wildman–Crippen LogP) is 8.74. The van der Waals surface area contributed by atoms with Crippen LogP contribution in [0, 0.1) is 0 Å². The van der Waals surface area contributed by atoms with Crippen molar-refractivity contribution >= 4 is 38.5 Å². The largest absolute Gasteiger partial charge is 0.456 e. The molecular weight excluding hydrogens is 502 g/mol. The Morgan fingerprint density at radius 3 is 2.17 bits per heavy atom. The lowest BCUT2D eigenvalue weighted by Gasteiger charge is -2.32. The number of furan rings is 1. The van der Waals surface area contributed by atoms with Crippen LogP contribution >= 0.6 is 0 Å². The lowest BCUT2D eigenvalue weighted by molar-refractivity contribution is 0.409. The maximum Gasteiger partial charge on any atom is 0.136 e. The van der Waals surface area contributed by atoms with Gasteiger partial charge in [-0.2, -0.15) is 0 Å². The maximum absolute atomic E-state index is 6.13. The molecule has 0 amide bonds. The van der Waals surface area contributed by atoms with Crippen molar-refractivity contribution < 1.29 is 4.42 Å². The van der Waals surface area contributed by atoms with Crippen LogP contribution in [0.15, 0.2) is 149 Å². The molecule has 2 heterocycles. The molecular formula is C37H27N3O. The van der Waals surface area contributed by atoms with E-state index in [4.69, 9.17) is 9.41 Å². The molecule has 1 aromatic heterocycles. The van der Waals surface area contributed by atoms with E-state index in [0.717, 1.165) is 50.0 Å². The highest BCUT2D eigenvalue weighted by Crippen LogP contribution is 2.37. The van der Waals surface area contributed by atoms with E-state index in [0.29, 0.717) is 0 Å². The Kier molecular flexibility index (Phi) is 5.64. The second-order valence-electron chi connectivity index (χ2n) is 10.5. The second-order valence-corrected chi connectivity index (χ2v) is 10.5. The van der Waals surface area contributed by atoms with Crippen LogP contribution < -0.4 is 10.6 Å². The Morgan fingerprint density at radius 1 is 0.561 bits per heavy atom. The molecule has 0 bridgehead atoms. The quantitative estimate of drug-likeness (QED) is 0.240. The van der Waals surface area contributed by atoms with Crippen molar-refractivity contribution in [1.82, 2.24) is 10.6 Å². The minimum absolute atomic E-state index is 0.112. The van der Waals surface area contributed by atoms with E-state index < -0.39 is 0 Å². The average molecular weight is 530 g/mol. The van der Waals surface area contributed by atoms with Crippen molar-refractivity contribution in [3.8, 4) is 11.1 Å². The van der Waals surface area contributed by atoms with E-state index >= 15 is 0 Å². The minimum Gasteiger partial charge on any atom is -0.456 e. The zero-order chi connectivity index (χ0) is 27.2. The first-order valence-corrected chi connectivity index (χ1v) is 14.0. The van der Waals surface area contributed by atoms with Gasteiger partial charge in [-0.15, -0.1) is 0 Å². The topological polar surface area (TPSA) is 49.6 Å². The van der Waals surface area contributed by atoms with Crippen molar-refractivity contribution in [2.75, 3.05) is 0 Å². The third-order valence-electron chi connectivity index (χ3n) is 7.96. The summed E-state index contributed by atoms with van der Waals surface area (Å²) in [6, 6.07) is 48.7. The second kappa shape index (κ2) is 9.77. The van der Waals surface area contributed by atoms with Crippen molar-refractivity contribution in [2.24, 2.45) is 4.99 Å². The van der Waals surface area contributed by atoms with Crippen LogP contribution in [0.5, 0.6) is 0 Å². The number of nitrogens with one attached hydrogen (secondary N) is 2. The monoisotopic (exact) mass is 529 g/mol. The van der Waals surface area contributed by atoms with Gasteiger partial charge in [0.2, 0.25) is 0 Å². The minimum atomic E-state index is -0.172. The molecule has 0 saturated heterocycles. The summed E-state index contributed by atoms with van der Waals surface area (Å²) in [6.45, 7) is 0. The van der Waals surface area contributed by atoms with E-state index in [2.05, 4.69) is 126 Å². The van der Waals surface area contributed by atoms with E-state index in [1.165, 1.54) is 16.3 Å². The SMILES string of the molecule is c1ccc(C2N=C(c3ccc4ccccc4c3)NC(c3ccc(-c4cccc5oc6ccccc6c45)cc3)N2)cc1. The molecule has 0 saturated carbocycles.